The van der Waals surface area contributed by atoms with Gasteiger partial charge in [-0.1, -0.05) is 19.1 Å². The first kappa shape index (κ1) is 16.5. The van der Waals surface area contributed by atoms with E-state index >= 15 is 0 Å². The molecule has 0 amide bonds. The van der Waals surface area contributed by atoms with Crippen molar-refractivity contribution in [2.75, 3.05) is 13.6 Å². The number of carboxylic acid groups (broad SMARTS) is 1. The second-order valence-electron chi connectivity index (χ2n) is 4.39. The number of sulfonamides is 1. The van der Waals surface area contributed by atoms with Crippen LogP contribution in [0, 0.1) is 5.92 Å². The van der Waals surface area contributed by atoms with Gasteiger partial charge in [0.2, 0.25) is 10.0 Å². The van der Waals surface area contributed by atoms with Crippen LogP contribution in [0.5, 0.6) is 0 Å². The maximum atomic E-state index is 12.4. The highest BCUT2D eigenvalue weighted by Gasteiger charge is 2.25. The van der Waals surface area contributed by atoms with Crippen LogP contribution in [-0.2, 0) is 14.8 Å². The molecule has 1 unspecified atom stereocenters. The Bertz CT molecular complexity index is 572. The maximum Gasteiger partial charge on any atom is 0.307 e. The van der Waals surface area contributed by atoms with Gasteiger partial charge in [0.05, 0.1) is 10.8 Å². The van der Waals surface area contributed by atoms with Gasteiger partial charge >= 0.3 is 5.97 Å². The summed E-state index contributed by atoms with van der Waals surface area (Å²) >= 11 is 0. The number of carboxylic acids is 1. The van der Waals surface area contributed by atoms with E-state index in [-0.39, 0.29) is 17.0 Å². The van der Waals surface area contributed by atoms with Crippen molar-refractivity contribution in [3.63, 3.8) is 0 Å². The average Bonchev–Trinajstić information content (AvgIpc) is 2.38. The van der Waals surface area contributed by atoms with E-state index in [1.54, 1.807) is 0 Å². The second kappa shape index (κ2) is 6.27. The van der Waals surface area contributed by atoms with Crippen LogP contribution in [0.15, 0.2) is 29.2 Å². The quantitative estimate of drug-likeness (QED) is 0.872. The van der Waals surface area contributed by atoms with Crippen LogP contribution in [0.2, 0.25) is 0 Å². The van der Waals surface area contributed by atoms with Crippen molar-refractivity contribution in [1.29, 1.82) is 0 Å². The lowest BCUT2D eigenvalue weighted by Gasteiger charge is -2.19. The van der Waals surface area contributed by atoms with E-state index in [0.717, 1.165) is 28.6 Å². The number of benzene rings is 1. The predicted octanol–water partition coefficient (Wildman–Crippen LogP) is 1.97. The predicted molar refractivity (Wildman–Crippen MR) is 68.0 cm³/mol. The molecule has 0 saturated carbocycles. The van der Waals surface area contributed by atoms with E-state index in [1.165, 1.54) is 14.0 Å². The molecule has 0 fully saturated rings. The number of hydrogen-bond donors (Lipinski definition) is 1. The summed E-state index contributed by atoms with van der Waals surface area (Å²) in [6.45, 7) is 1.18. The van der Waals surface area contributed by atoms with Crippen molar-refractivity contribution in [1.82, 2.24) is 4.31 Å². The number of aliphatic carboxylic acids is 1. The van der Waals surface area contributed by atoms with Gasteiger partial charge in [-0.3, -0.25) is 4.79 Å². The summed E-state index contributed by atoms with van der Waals surface area (Å²) in [4.78, 5) is 10.6. The fourth-order valence-electron chi connectivity index (χ4n) is 1.53. The fourth-order valence-corrected chi connectivity index (χ4v) is 2.79. The van der Waals surface area contributed by atoms with Crippen LogP contribution in [0.3, 0.4) is 0 Å². The normalized spacial score (nSPS) is 13.7. The molecule has 112 valence electrons. The Morgan fingerprint density at radius 3 is 2.20 bits per heavy atom. The lowest BCUT2D eigenvalue weighted by Crippen LogP contribution is -2.33. The first-order valence-electron chi connectivity index (χ1n) is 5.73. The minimum Gasteiger partial charge on any atom is -0.481 e. The van der Waals surface area contributed by atoms with Gasteiger partial charge in [0.15, 0.2) is 0 Å². The average molecular weight is 307 g/mol. The Kier molecular flexibility index (Phi) is 5.18. The Morgan fingerprint density at radius 2 is 1.80 bits per heavy atom. The number of alkyl halides is 2. The van der Waals surface area contributed by atoms with Crippen LogP contribution < -0.4 is 0 Å². The molecule has 0 spiro atoms. The van der Waals surface area contributed by atoms with Crippen molar-refractivity contribution in [3.05, 3.63) is 29.8 Å². The van der Waals surface area contributed by atoms with E-state index in [0.29, 0.717) is 0 Å². The van der Waals surface area contributed by atoms with Crippen molar-refractivity contribution in [2.45, 2.75) is 18.2 Å². The molecule has 1 N–H and O–H groups in total. The van der Waals surface area contributed by atoms with Gasteiger partial charge < -0.3 is 5.11 Å². The van der Waals surface area contributed by atoms with E-state index in [4.69, 9.17) is 5.11 Å². The molecule has 0 aromatic heterocycles. The summed E-state index contributed by atoms with van der Waals surface area (Å²) < 4.78 is 49.9. The van der Waals surface area contributed by atoms with Crippen molar-refractivity contribution in [3.8, 4) is 0 Å². The summed E-state index contributed by atoms with van der Waals surface area (Å²) in [6.07, 6.45) is -2.67. The van der Waals surface area contributed by atoms with E-state index in [2.05, 4.69) is 0 Å². The molecule has 8 heteroatoms. The smallest absolute Gasteiger partial charge is 0.307 e. The molecular weight excluding hydrogens is 292 g/mol. The summed E-state index contributed by atoms with van der Waals surface area (Å²) in [7, 11) is -2.64. The zero-order valence-electron chi connectivity index (χ0n) is 11.0. The molecule has 5 nitrogen and oxygen atoms in total. The second-order valence-corrected chi connectivity index (χ2v) is 6.44. The van der Waals surface area contributed by atoms with Crippen molar-refractivity contribution in [2.24, 2.45) is 5.92 Å². The van der Waals surface area contributed by atoms with Gasteiger partial charge in [-0.25, -0.2) is 21.5 Å². The minimum absolute atomic E-state index is 0.151. The maximum absolute atomic E-state index is 12.4. The number of halogens is 2. The van der Waals surface area contributed by atoms with Gasteiger partial charge in [0.25, 0.3) is 6.43 Å². The van der Waals surface area contributed by atoms with E-state index in [9.17, 15) is 22.0 Å². The zero-order chi connectivity index (χ0) is 15.5. The first-order chi connectivity index (χ1) is 9.16. The van der Waals surface area contributed by atoms with Crippen molar-refractivity contribution < 1.29 is 27.1 Å². The number of carbonyl (C=O) groups is 1. The fraction of sp³-hybridized carbons (Fsp3) is 0.417. The SMILES string of the molecule is CC(CN(C)S(=O)(=O)c1ccc(C(F)F)cc1)C(=O)O. The number of nitrogens with zero attached hydrogens (tertiary/aromatic N) is 1. The lowest BCUT2D eigenvalue weighted by atomic mass is 10.2. The minimum atomic E-state index is -3.88. The summed E-state index contributed by atoms with van der Waals surface area (Å²) in [6, 6.07) is 4.23. The molecule has 0 radical (unpaired) electrons. The summed E-state index contributed by atoms with van der Waals surface area (Å²) in [5, 5.41) is 8.76. The van der Waals surface area contributed by atoms with Gasteiger partial charge in [-0.2, -0.15) is 0 Å². The van der Waals surface area contributed by atoms with Gasteiger partial charge in [-0.05, 0) is 12.1 Å². The first-order valence-corrected chi connectivity index (χ1v) is 7.17. The third-order valence-corrected chi connectivity index (χ3v) is 4.63. The highest BCUT2D eigenvalue weighted by Crippen LogP contribution is 2.22. The molecule has 1 aromatic carbocycles. The Labute approximate surface area is 115 Å². The Hall–Kier alpha value is -1.54. The molecule has 0 aliphatic carbocycles. The Morgan fingerprint density at radius 1 is 1.30 bits per heavy atom. The topological polar surface area (TPSA) is 74.7 Å². The standard InChI is InChI=1S/C12H15F2NO4S/c1-8(12(16)17)7-15(2)20(18,19)10-5-3-9(4-6-10)11(13)14/h3-6,8,11H,7H2,1-2H3,(H,16,17). The van der Waals surface area contributed by atoms with Crippen LogP contribution in [-0.4, -0.2) is 37.4 Å². The van der Waals surface area contributed by atoms with Gasteiger partial charge in [0, 0.05) is 19.2 Å². The monoisotopic (exact) mass is 307 g/mol. The molecule has 1 atom stereocenters. The highest BCUT2D eigenvalue weighted by molar-refractivity contribution is 7.89. The molecule has 1 rings (SSSR count). The molecule has 0 bridgehead atoms. The van der Waals surface area contributed by atoms with E-state index in [1.807, 2.05) is 0 Å². The lowest BCUT2D eigenvalue weighted by molar-refractivity contribution is -0.141. The molecular formula is C12H15F2NO4S. The molecule has 1 aromatic rings. The van der Waals surface area contributed by atoms with Crippen molar-refractivity contribution >= 4 is 16.0 Å². The largest absolute Gasteiger partial charge is 0.481 e. The van der Waals surface area contributed by atoms with Crippen LogP contribution >= 0.6 is 0 Å². The molecule has 20 heavy (non-hydrogen) atoms. The van der Waals surface area contributed by atoms with Crippen LogP contribution in [0.1, 0.15) is 18.9 Å². The Balaban J connectivity index is 2.95. The number of rotatable bonds is 6. The molecule has 0 aliphatic rings. The van der Waals surface area contributed by atoms with Crippen LogP contribution in [0.25, 0.3) is 0 Å². The number of hydrogen-bond acceptors (Lipinski definition) is 3. The summed E-state index contributed by atoms with van der Waals surface area (Å²) in [5.74, 6) is -1.98. The molecule has 0 saturated heterocycles. The zero-order valence-corrected chi connectivity index (χ0v) is 11.8. The van der Waals surface area contributed by atoms with Gasteiger partial charge in [-0.15, -0.1) is 0 Å². The summed E-state index contributed by atoms with van der Waals surface area (Å²) in [5.41, 5.74) is -0.273. The third-order valence-electron chi connectivity index (χ3n) is 2.79. The molecule has 0 aliphatic heterocycles. The highest BCUT2D eigenvalue weighted by atomic mass is 32.2. The molecule has 0 heterocycles. The van der Waals surface area contributed by atoms with E-state index < -0.39 is 28.3 Å². The third kappa shape index (κ3) is 3.73. The van der Waals surface area contributed by atoms with Gasteiger partial charge in [0.1, 0.15) is 0 Å². The van der Waals surface area contributed by atoms with Crippen LogP contribution in [0.4, 0.5) is 8.78 Å².